The second-order valence-corrected chi connectivity index (χ2v) is 5.61. The van der Waals surface area contributed by atoms with Gasteiger partial charge in [-0.3, -0.25) is 9.69 Å². The van der Waals surface area contributed by atoms with Crippen molar-refractivity contribution >= 4 is 11.6 Å². The van der Waals surface area contributed by atoms with Crippen LogP contribution in [0, 0.1) is 0 Å². The Bertz CT molecular complexity index is 461. The summed E-state index contributed by atoms with van der Waals surface area (Å²) in [7, 11) is 0. The molecule has 0 spiro atoms. The van der Waals surface area contributed by atoms with Crippen LogP contribution in [0.1, 0.15) is 38.7 Å². The zero-order valence-electron chi connectivity index (χ0n) is 12.4. The predicted molar refractivity (Wildman–Crippen MR) is 82.4 cm³/mol. The van der Waals surface area contributed by atoms with Gasteiger partial charge in [-0.25, -0.2) is 0 Å². The van der Waals surface area contributed by atoms with E-state index in [9.17, 15) is 4.79 Å². The van der Waals surface area contributed by atoms with Crippen molar-refractivity contribution in [1.29, 1.82) is 0 Å². The molecule has 0 radical (unpaired) electrons. The molecule has 2 rings (SSSR count). The van der Waals surface area contributed by atoms with E-state index in [1.54, 1.807) is 0 Å². The smallest absolute Gasteiger partial charge is 0.241 e. The number of carbonyl (C=O) groups excluding carboxylic acids is 1. The van der Waals surface area contributed by atoms with Crippen molar-refractivity contribution < 1.29 is 4.79 Å². The van der Waals surface area contributed by atoms with Gasteiger partial charge in [-0.1, -0.05) is 24.6 Å². The van der Waals surface area contributed by atoms with E-state index in [2.05, 4.69) is 17.1 Å². The SMILES string of the molecule is CC1CCCCN1C(C)C(=O)Nc1ccccc1CN. The fraction of sp³-hybridized carbons (Fsp3) is 0.562. The third kappa shape index (κ3) is 3.38. The molecule has 2 atom stereocenters. The van der Waals surface area contributed by atoms with Crippen molar-refractivity contribution in [2.75, 3.05) is 11.9 Å². The van der Waals surface area contributed by atoms with Crippen LogP contribution in [0.4, 0.5) is 5.69 Å². The minimum absolute atomic E-state index is 0.0552. The van der Waals surface area contributed by atoms with Crippen LogP contribution in [0.15, 0.2) is 24.3 Å². The van der Waals surface area contributed by atoms with Gasteiger partial charge >= 0.3 is 0 Å². The largest absolute Gasteiger partial charge is 0.326 e. The van der Waals surface area contributed by atoms with Crippen LogP contribution in [0.3, 0.4) is 0 Å². The first-order valence-corrected chi connectivity index (χ1v) is 7.48. The van der Waals surface area contributed by atoms with Gasteiger partial charge in [0.15, 0.2) is 0 Å². The predicted octanol–water partition coefficient (Wildman–Crippen LogP) is 2.35. The van der Waals surface area contributed by atoms with Gasteiger partial charge in [-0.2, -0.15) is 0 Å². The maximum atomic E-state index is 12.4. The first-order valence-electron chi connectivity index (χ1n) is 7.48. The van der Waals surface area contributed by atoms with E-state index in [1.165, 1.54) is 19.3 Å². The number of hydrogen-bond donors (Lipinski definition) is 2. The molecule has 20 heavy (non-hydrogen) atoms. The average Bonchev–Trinajstić information content (AvgIpc) is 2.47. The van der Waals surface area contributed by atoms with E-state index in [1.807, 2.05) is 31.2 Å². The van der Waals surface area contributed by atoms with E-state index in [-0.39, 0.29) is 11.9 Å². The van der Waals surface area contributed by atoms with Crippen LogP contribution in [0.5, 0.6) is 0 Å². The molecule has 110 valence electrons. The Labute approximate surface area is 121 Å². The minimum atomic E-state index is -0.101. The molecule has 1 fully saturated rings. The third-order valence-electron chi connectivity index (χ3n) is 4.23. The Morgan fingerprint density at radius 3 is 2.90 bits per heavy atom. The molecule has 3 N–H and O–H groups in total. The lowest BCUT2D eigenvalue weighted by molar-refractivity contribution is -0.122. The molecule has 2 unspecified atom stereocenters. The Hall–Kier alpha value is -1.39. The zero-order valence-corrected chi connectivity index (χ0v) is 12.4. The number of benzene rings is 1. The zero-order chi connectivity index (χ0) is 14.5. The summed E-state index contributed by atoms with van der Waals surface area (Å²) in [5.74, 6) is 0.0552. The maximum Gasteiger partial charge on any atom is 0.241 e. The van der Waals surface area contributed by atoms with E-state index >= 15 is 0 Å². The molecule has 4 nitrogen and oxygen atoms in total. The summed E-state index contributed by atoms with van der Waals surface area (Å²) >= 11 is 0. The summed E-state index contributed by atoms with van der Waals surface area (Å²) in [6.07, 6.45) is 3.63. The van der Waals surface area contributed by atoms with Crippen molar-refractivity contribution in [3.8, 4) is 0 Å². The number of nitrogens with one attached hydrogen (secondary N) is 1. The number of para-hydroxylation sites is 1. The average molecular weight is 275 g/mol. The van der Waals surface area contributed by atoms with E-state index in [0.29, 0.717) is 12.6 Å². The molecule has 1 aromatic rings. The number of rotatable bonds is 4. The number of carbonyl (C=O) groups is 1. The van der Waals surface area contributed by atoms with E-state index in [4.69, 9.17) is 5.73 Å². The Morgan fingerprint density at radius 1 is 1.45 bits per heavy atom. The van der Waals surface area contributed by atoms with Crippen LogP contribution in [0.25, 0.3) is 0 Å². The number of likely N-dealkylation sites (tertiary alicyclic amines) is 1. The van der Waals surface area contributed by atoms with Crippen molar-refractivity contribution in [2.24, 2.45) is 5.73 Å². The lowest BCUT2D eigenvalue weighted by atomic mass is 10.0. The van der Waals surface area contributed by atoms with E-state index < -0.39 is 0 Å². The second-order valence-electron chi connectivity index (χ2n) is 5.61. The summed E-state index contributed by atoms with van der Waals surface area (Å²) in [5.41, 5.74) is 7.51. The lowest BCUT2D eigenvalue weighted by Crippen LogP contribution is -2.49. The number of hydrogen-bond acceptors (Lipinski definition) is 3. The van der Waals surface area contributed by atoms with Gasteiger partial charge in [0.05, 0.1) is 6.04 Å². The van der Waals surface area contributed by atoms with E-state index in [0.717, 1.165) is 17.8 Å². The standard InChI is InChI=1S/C16H25N3O/c1-12-7-5-6-10-19(12)13(2)16(20)18-15-9-4-3-8-14(15)11-17/h3-4,8-9,12-13H,5-7,10-11,17H2,1-2H3,(H,18,20). The normalized spacial score (nSPS) is 21.4. The van der Waals surface area contributed by atoms with Gasteiger partial charge in [-0.05, 0) is 44.9 Å². The van der Waals surface area contributed by atoms with Crippen molar-refractivity contribution in [3.63, 3.8) is 0 Å². The molecule has 1 heterocycles. The first-order chi connectivity index (χ1) is 9.63. The summed E-state index contributed by atoms with van der Waals surface area (Å²) in [4.78, 5) is 14.7. The number of nitrogens with two attached hydrogens (primary N) is 1. The Balaban J connectivity index is 2.03. The molecular formula is C16H25N3O. The van der Waals surface area contributed by atoms with Crippen LogP contribution in [0.2, 0.25) is 0 Å². The van der Waals surface area contributed by atoms with Gasteiger partial charge in [0.2, 0.25) is 5.91 Å². The third-order valence-corrected chi connectivity index (χ3v) is 4.23. The molecular weight excluding hydrogens is 250 g/mol. The summed E-state index contributed by atoms with van der Waals surface area (Å²) in [6, 6.07) is 8.10. The molecule has 1 aromatic carbocycles. The van der Waals surface area contributed by atoms with Crippen LogP contribution < -0.4 is 11.1 Å². The highest BCUT2D eigenvalue weighted by Gasteiger charge is 2.27. The van der Waals surface area contributed by atoms with Gasteiger partial charge in [-0.15, -0.1) is 0 Å². The molecule has 0 aliphatic carbocycles. The fourth-order valence-corrected chi connectivity index (χ4v) is 2.90. The molecule has 0 aromatic heterocycles. The molecule has 4 heteroatoms. The molecule has 0 bridgehead atoms. The van der Waals surface area contributed by atoms with Gasteiger partial charge in [0.25, 0.3) is 0 Å². The van der Waals surface area contributed by atoms with Crippen molar-refractivity contribution in [3.05, 3.63) is 29.8 Å². The summed E-state index contributed by atoms with van der Waals surface area (Å²) in [6.45, 7) is 5.64. The summed E-state index contributed by atoms with van der Waals surface area (Å²) in [5, 5.41) is 3.02. The highest BCUT2D eigenvalue weighted by Crippen LogP contribution is 2.21. The van der Waals surface area contributed by atoms with Gasteiger partial charge < -0.3 is 11.1 Å². The number of anilines is 1. The molecule has 1 aliphatic heterocycles. The fourth-order valence-electron chi connectivity index (χ4n) is 2.90. The Morgan fingerprint density at radius 2 is 2.20 bits per heavy atom. The quantitative estimate of drug-likeness (QED) is 0.887. The van der Waals surface area contributed by atoms with Crippen LogP contribution >= 0.6 is 0 Å². The number of amides is 1. The summed E-state index contributed by atoms with van der Waals surface area (Å²) < 4.78 is 0. The first kappa shape index (κ1) is 15.0. The van der Waals surface area contributed by atoms with Crippen LogP contribution in [-0.4, -0.2) is 29.4 Å². The minimum Gasteiger partial charge on any atom is -0.326 e. The highest BCUT2D eigenvalue weighted by molar-refractivity contribution is 5.95. The molecule has 0 saturated carbocycles. The molecule has 1 aliphatic rings. The van der Waals surface area contributed by atoms with Crippen molar-refractivity contribution in [1.82, 2.24) is 4.90 Å². The Kier molecular flexibility index (Phi) is 5.15. The second kappa shape index (κ2) is 6.86. The van der Waals surface area contributed by atoms with Crippen molar-refractivity contribution in [2.45, 2.75) is 51.7 Å². The topological polar surface area (TPSA) is 58.4 Å². The number of nitrogens with zero attached hydrogens (tertiary/aromatic N) is 1. The van der Waals surface area contributed by atoms with Crippen LogP contribution in [-0.2, 0) is 11.3 Å². The molecule has 1 saturated heterocycles. The van der Waals surface area contributed by atoms with Gasteiger partial charge in [0, 0.05) is 18.3 Å². The molecule has 1 amide bonds. The maximum absolute atomic E-state index is 12.4. The monoisotopic (exact) mass is 275 g/mol. The lowest BCUT2D eigenvalue weighted by Gasteiger charge is -2.37. The highest BCUT2D eigenvalue weighted by atomic mass is 16.2. The number of piperidine rings is 1. The van der Waals surface area contributed by atoms with Gasteiger partial charge in [0.1, 0.15) is 0 Å².